The van der Waals surface area contributed by atoms with E-state index < -0.39 is 0 Å². The number of nitrogens with one attached hydrogen (secondary N) is 2. The van der Waals surface area contributed by atoms with Crippen molar-refractivity contribution in [3.05, 3.63) is 53.1 Å². The van der Waals surface area contributed by atoms with Crippen LogP contribution in [-0.4, -0.2) is 29.0 Å². The Bertz CT molecular complexity index is 1020. The summed E-state index contributed by atoms with van der Waals surface area (Å²) in [6.45, 7) is 0. The van der Waals surface area contributed by atoms with Crippen LogP contribution in [0.15, 0.2) is 46.8 Å². The number of nitriles is 1. The second-order valence-electron chi connectivity index (χ2n) is 5.37. The molecule has 1 amide bonds. The number of amides is 1. The first-order valence-corrected chi connectivity index (χ1v) is 10.1. The summed E-state index contributed by atoms with van der Waals surface area (Å²) in [4.78, 5) is 12.2. The highest BCUT2D eigenvalue weighted by molar-refractivity contribution is 8.01. The number of nitrogens with zero attached hydrogens (tertiary/aromatic N) is 3. The molecule has 3 aromatic rings. The molecular weight excluding hydrogens is 418 g/mol. The molecule has 0 saturated carbocycles. The van der Waals surface area contributed by atoms with E-state index in [1.165, 1.54) is 23.1 Å². The van der Waals surface area contributed by atoms with Crippen LogP contribution in [0, 0.1) is 11.3 Å². The molecule has 142 valence electrons. The Morgan fingerprint density at radius 2 is 2.07 bits per heavy atom. The van der Waals surface area contributed by atoms with Crippen LogP contribution in [0.4, 0.5) is 16.5 Å². The highest BCUT2D eigenvalue weighted by Gasteiger charge is 2.11. The number of aromatic nitrogens is 2. The van der Waals surface area contributed by atoms with Gasteiger partial charge in [-0.1, -0.05) is 34.7 Å². The van der Waals surface area contributed by atoms with Gasteiger partial charge in [-0.3, -0.25) is 4.79 Å². The molecule has 3 rings (SSSR count). The monoisotopic (exact) mass is 431 g/mol. The average Bonchev–Trinajstić information content (AvgIpc) is 3.14. The van der Waals surface area contributed by atoms with Crippen LogP contribution in [0.3, 0.4) is 0 Å². The smallest absolute Gasteiger partial charge is 0.234 e. The van der Waals surface area contributed by atoms with Crippen molar-refractivity contribution in [2.75, 3.05) is 23.5 Å². The van der Waals surface area contributed by atoms with Crippen molar-refractivity contribution >= 4 is 57.1 Å². The van der Waals surface area contributed by atoms with Gasteiger partial charge in [0.2, 0.25) is 11.0 Å². The minimum Gasteiger partial charge on any atom is -0.497 e. The molecule has 0 spiro atoms. The second-order valence-corrected chi connectivity index (χ2v) is 8.00. The Hall–Kier alpha value is -2.80. The highest BCUT2D eigenvalue weighted by Crippen LogP contribution is 2.28. The van der Waals surface area contributed by atoms with E-state index in [-0.39, 0.29) is 11.7 Å². The number of halogens is 1. The van der Waals surface area contributed by atoms with Crippen molar-refractivity contribution in [3.63, 3.8) is 0 Å². The number of ether oxygens (including phenoxy) is 1. The van der Waals surface area contributed by atoms with Gasteiger partial charge >= 0.3 is 0 Å². The molecule has 0 saturated heterocycles. The lowest BCUT2D eigenvalue weighted by Crippen LogP contribution is -2.14. The lowest BCUT2D eigenvalue weighted by molar-refractivity contribution is -0.113. The van der Waals surface area contributed by atoms with Crippen LogP contribution in [0.1, 0.15) is 5.56 Å². The normalized spacial score (nSPS) is 10.2. The zero-order valence-electron chi connectivity index (χ0n) is 14.6. The van der Waals surface area contributed by atoms with Gasteiger partial charge in [-0.15, -0.1) is 10.2 Å². The first kappa shape index (κ1) is 19.9. The largest absolute Gasteiger partial charge is 0.497 e. The van der Waals surface area contributed by atoms with E-state index in [2.05, 4.69) is 20.8 Å². The zero-order chi connectivity index (χ0) is 19.9. The molecule has 2 N–H and O–H groups in total. The lowest BCUT2D eigenvalue weighted by Gasteiger charge is -2.06. The lowest BCUT2D eigenvalue weighted by atomic mass is 10.2. The van der Waals surface area contributed by atoms with Gasteiger partial charge < -0.3 is 15.4 Å². The third-order valence-electron chi connectivity index (χ3n) is 3.45. The molecule has 1 heterocycles. The van der Waals surface area contributed by atoms with Gasteiger partial charge in [0.15, 0.2) is 4.34 Å². The zero-order valence-corrected chi connectivity index (χ0v) is 17.0. The quantitative estimate of drug-likeness (QED) is 0.529. The Kier molecular flexibility index (Phi) is 6.71. The van der Waals surface area contributed by atoms with E-state index in [9.17, 15) is 4.79 Å². The molecule has 1 aromatic heterocycles. The third-order valence-corrected chi connectivity index (χ3v) is 5.66. The number of carbonyl (C=O) groups excluding carboxylic acids is 1. The van der Waals surface area contributed by atoms with E-state index in [0.717, 1.165) is 11.4 Å². The number of anilines is 3. The second kappa shape index (κ2) is 9.41. The van der Waals surface area contributed by atoms with Crippen molar-refractivity contribution in [1.29, 1.82) is 5.26 Å². The van der Waals surface area contributed by atoms with Gasteiger partial charge in [0.1, 0.15) is 11.8 Å². The summed E-state index contributed by atoms with van der Waals surface area (Å²) in [5.74, 6) is 0.641. The first-order valence-electron chi connectivity index (χ1n) is 7.94. The molecular formula is C18H14ClN5O2S2. The van der Waals surface area contributed by atoms with Crippen molar-refractivity contribution < 1.29 is 9.53 Å². The Morgan fingerprint density at radius 1 is 1.29 bits per heavy atom. The van der Waals surface area contributed by atoms with Crippen molar-refractivity contribution in [3.8, 4) is 11.8 Å². The number of hydrogen-bond acceptors (Lipinski definition) is 8. The van der Waals surface area contributed by atoms with Gasteiger partial charge in [0.25, 0.3) is 0 Å². The summed E-state index contributed by atoms with van der Waals surface area (Å²) in [6, 6.07) is 14.2. The van der Waals surface area contributed by atoms with Gasteiger partial charge in [-0.2, -0.15) is 5.26 Å². The van der Waals surface area contributed by atoms with Crippen molar-refractivity contribution in [1.82, 2.24) is 10.2 Å². The van der Waals surface area contributed by atoms with E-state index in [4.69, 9.17) is 21.6 Å². The number of hydrogen-bond donors (Lipinski definition) is 2. The number of benzene rings is 2. The van der Waals surface area contributed by atoms with Crippen LogP contribution in [0.5, 0.6) is 5.75 Å². The molecule has 0 aliphatic heterocycles. The number of carbonyl (C=O) groups is 1. The van der Waals surface area contributed by atoms with Crippen LogP contribution < -0.4 is 15.4 Å². The molecule has 0 aliphatic rings. The van der Waals surface area contributed by atoms with Gasteiger partial charge in [0, 0.05) is 10.7 Å². The van der Waals surface area contributed by atoms with E-state index in [1.54, 1.807) is 25.3 Å². The highest BCUT2D eigenvalue weighted by atomic mass is 35.5. The Balaban J connectivity index is 1.54. The summed E-state index contributed by atoms with van der Waals surface area (Å²) >= 11 is 8.52. The fraction of sp³-hybridized carbons (Fsp3) is 0.111. The molecule has 0 bridgehead atoms. The third kappa shape index (κ3) is 5.36. The fourth-order valence-corrected chi connectivity index (χ4v) is 3.89. The predicted molar refractivity (Wildman–Crippen MR) is 112 cm³/mol. The SMILES string of the molecule is COc1ccc(Nc2nnc(SCC(=O)Nc3cc(Cl)ccc3C#N)s2)cc1. The minimum absolute atomic E-state index is 0.133. The average molecular weight is 432 g/mol. The minimum atomic E-state index is -0.261. The summed E-state index contributed by atoms with van der Waals surface area (Å²) in [7, 11) is 1.61. The van der Waals surface area contributed by atoms with Crippen molar-refractivity contribution in [2.24, 2.45) is 0 Å². The fourth-order valence-electron chi connectivity index (χ4n) is 2.15. The summed E-state index contributed by atoms with van der Waals surface area (Å²) in [6.07, 6.45) is 0. The van der Waals surface area contributed by atoms with Crippen LogP contribution in [0.25, 0.3) is 0 Å². The molecule has 0 aliphatic carbocycles. The van der Waals surface area contributed by atoms with Gasteiger partial charge in [-0.05, 0) is 42.5 Å². The van der Waals surface area contributed by atoms with Crippen LogP contribution in [0.2, 0.25) is 5.02 Å². The molecule has 7 nitrogen and oxygen atoms in total. The maximum atomic E-state index is 12.2. The molecule has 28 heavy (non-hydrogen) atoms. The number of rotatable bonds is 7. The van der Waals surface area contributed by atoms with E-state index in [0.29, 0.717) is 25.7 Å². The topological polar surface area (TPSA) is 99.9 Å². The molecule has 0 unspecified atom stereocenters. The van der Waals surface area contributed by atoms with E-state index >= 15 is 0 Å². The van der Waals surface area contributed by atoms with Crippen molar-refractivity contribution in [2.45, 2.75) is 4.34 Å². The summed E-state index contributed by atoms with van der Waals surface area (Å²) in [5, 5.41) is 24.1. The number of thioether (sulfide) groups is 1. The molecule has 10 heteroatoms. The van der Waals surface area contributed by atoms with Gasteiger partial charge in [0.05, 0.1) is 24.1 Å². The molecule has 0 radical (unpaired) electrons. The van der Waals surface area contributed by atoms with Gasteiger partial charge in [-0.25, -0.2) is 0 Å². The summed E-state index contributed by atoms with van der Waals surface area (Å²) < 4.78 is 5.77. The number of methoxy groups -OCH3 is 1. The van der Waals surface area contributed by atoms with Crippen LogP contribution in [-0.2, 0) is 4.79 Å². The summed E-state index contributed by atoms with van der Waals surface area (Å²) in [5.41, 5.74) is 1.60. The molecule has 0 atom stereocenters. The Labute approximate surface area is 174 Å². The predicted octanol–water partition coefficient (Wildman–Crippen LogP) is 4.55. The standard InChI is InChI=1S/C18H14ClN5O2S2/c1-26-14-6-4-13(5-7-14)21-17-23-24-18(28-17)27-10-16(25)22-15-8-12(19)3-2-11(15)9-20/h2-8H,10H2,1H3,(H,21,23)(H,22,25). The van der Waals surface area contributed by atoms with E-state index in [1.807, 2.05) is 30.3 Å². The maximum Gasteiger partial charge on any atom is 0.234 e. The molecule has 2 aromatic carbocycles. The van der Waals surface area contributed by atoms with Crippen LogP contribution >= 0.6 is 34.7 Å². The molecule has 0 fully saturated rings. The maximum absolute atomic E-state index is 12.2. The first-order chi connectivity index (χ1) is 13.6. The Morgan fingerprint density at radius 3 is 2.79 bits per heavy atom.